The molecule has 1 aliphatic rings. The molecule has 0 spiro atoms. The molecule has 1 aromatic rings. The minimum atomic E-state index is 0.281. The van der Waals surface area contributed by atoms with Crippen molar-refractivity contribution in [3.8, 4) is 5.75 Å². The molecular formula is C18H29NO2. The molecule has 3 nitrogen and oxygen atoms in total. The lowest BCUT2D eigenvalue weighted by Gasteiger charge is -2.27. The molecule has 1 aliphatic carbocycles. The van der Waals surface area contributed by atoms with Gasteiger partial charge in [-0.3, -0.25) is 0 Å². The molecule has 21 heavy (non-hydrogen) atoms. The second-order valence-corrected chi connectivity index (χ2v) is 5.89. The number of ether oxygens (including phenoxy) is 1. The molecule has 1 atom stereocenters. The van der Waals surface area contributed by atoms with E-state index in [1.165, 1.54) is 36.8 Å². The van der Waals surface area contributed by atoms with Gasteiger partial charge in [-0.25, -0.2) is 0 Å². The second kappa shape index (κ2) is 9.06. The average Bonchev–Trinajstić information content (AvgIpc) is 2.52. The fraction of sp³-hybridized carbons (Fsp3) is 0.667. The molecule has 0 bridgehead atoms. The van der Waals surface area contributed by atoms with Gasteiger partial charge in [0.2, 0.25) is 0 Å². The summed E-state index contributed by atoms with van der Waals surface area (Å²) in [6, 6.07) is 7.06. The number of nitrogens with one attached hydrogen (secondary N) is 1. The van der Waals surface area contributed by atoms with Gasteiger partial charge < -0.3 is 15.2 Å². The number of fused-ring (bicyclic) bond motifs is 1. The van der Waals surface area contributed by atoms with Crippen LogP contribution >= 0.6 is 0 Å². The summed E-state index contributed by atoms with van der Waals surface area (Å²) in [6.07, 6.45) is 7.78. The summed E-state index contributed by atoms with van der Waals surface area (Å²) < 4.78 is 5.86. The lowest BCUT2D eigenvalue weighted by Crippen LogP contribution is -2.25. The van der Waals surface area contributed by atoms with E-state index < -0.39 is 0 Å². The first-order chi connectivity index (χ1) is 10.3. The highest BCUT2D eigenvalue weighted by molar-refractivity contribution is 5.39. The third-order valence-electron chi connectivity index (χ3n) is 4.14. The van der Waals surface area contributed by atoms with Crippen molar-refractivity contribution >= 4 is 0 Å². The van der Waals surface area contributed by atoms with Gasteiger partial charge in [-0.15, -0.1) is 0 Å². The van der Waals surface area contributed by atoms with Crippen LogP contribution in [0.2, 0.25) is 0 Å². The summed E-state index contributed by atoms with van der Waals surface area (Å²) in [4.78, 5) is 0. The van der Waals surface area contributed by atoms with Gasteiger partial charge in [0.15, 0.2) is 0 Å². The van der Waals surface area contributed by atoms with E-state index in [4.69, 9.17) is 9.84 Å². The van der Waals surface area contributed by atoms with Crippen molar-refractivity contribution in [2.75, 3.05) is 19.8 Å². The number of aliphatic hydroxyl groups is 1. The van der Waals surface area contributed by atoms with E-state index in [9.17, 15) is 0 Å². The number of hydrogen-bond acceptors (Lipinski definition) is 3. The van der Waals surface area contributed by atoms with Crippen LogP contribution in [0.25, 0.3) is 0 Å². The van der Waals surface area contributed by atoms with Gasteiger partial charge in [-0.1, -0.05) is 13.0 Å². The van der Waals surface area contributed by atoms with Gasteiger partial charge >= 0.3 is 0 Å². The Morgan fingerprint density at radius 2 is 2.19 bits per heavy atom. The van der Waals surface area contributed by atoms with Crippen molar-refractivity contribution in [3.63, 3.8) is 0 Å². The summed E-state index contributed by atoms with van der Waals surface area (Å²) >= 11 is 0. The van der Waals surface area contributed by atoms with E-state index in [-0.39, 0.29) is 6.61 Å². The van der Waals surface area contributed by atoms with Crippen LogP contribution in [0.15, 0.2) is 18.2 Å². The normalized spacial score (nSPS) is 17.5. The van der Waals surface area contributed by atoms with E-state index in [0.29, 0.717) is 6.04 Å². The number of aryl methyl sites for hydroxylation is 1. The van der Waals surface area contributed by atoms with Crippen molar-refractivity contribution in [3.05, 3.63) is 29.3 Å². The summed E-state index contributed by atoms with van der Waals surface area (Å²) in [6.45, 7) is 4.31. The first kappa shape index (κ1) is 16.3. The maximum Gasteiger partial charge on any atom is 0.119 e. The van der Waals surface area contributed by atoms with E-state index >= 15 is 0 Å². The summed E-state index contributed by atoms with van der Waals surface area (Å²) in [5.41, 5.74) is 2.91. The lowest BCUT2D eigenvalue weighted by molar-refractivity contribution is 0.266. The molecule has 1 unspecified atom stereocenters. The highest BCUT2D eigenvalue weighted by Crippen LogP contribution is 2.32. The van der Waals surface area contributed by atoms with Crippen LogP contribution in [0.5, 0.6) is 5.75 Å². The van der Waals surface area contributed by atoms with Crippen LogP contribution in [0, 0.1) is 0 Å². The fourth-order valence-corrected chi connectivity index (χ4v) is 2.98. The Balaban J connectivity index is 1.92. The van der Waals surface area contributed by atoms with Crippen molar-refractivity contribution in [2.45, 2.75) is 57.9 Å². The number of aliphatic hydroxyl groups excluding tert-OH is 1. The van der Waals surface area contributed by atoms with Gasteiger partial charge in [0.25, 0.3) is 0 Å². The fourth-order valence-electron chi connectivity index (χ4n) is 2.98. The maximum absolute atomic E-state index is 8.77. The molecule has 0 radical (unpaired) electrons. The molecule has 0 fully saturated rings. The van der Waals surface area contributed by atoms with Gasteiger partial charge in [0.1, 0.15) is 5.75 Å². The second-order valence-electron chi connectivity index (χ2n) is 5.89. The smallest absolute Gasteiger partial charge is 0.119 e. The number of benzene rings is 1. The predicted molar refractivity (Wildman–Crippen MR) is 86.8 cm³/mol. The third-order valence-corrected chi connectivity index (χ3v) is 4.14. The van der Waals surface area contributed by atoms with Gasteiger partial charge in [-0.2, -0.15) is 0 Å². The highest BCUT2D eigenvalue weighted by Gasteiger charge is 2.19. The standard InChI is InChI=1S/C18H29NO2/c1-2-11-19-18-8-6-7-15-9-10-16(14-17(15)18)21-13-5-3-4-12-20/h9-10,14,18-20H,2-8,11-13H2,1H3. The predicted octanol–water partition coefficient (Wildman–Crippen LogP) is 3.61. The first-order valence-electron chi connectivity index (χ1n) is 8.45. The zero-order valence-corrected chi connectivity index (χ0v) is 13.2. The Labute approximate surface area is 128 Å². The molecule has 0 saturated carbocycles. The SMILES string of the molecule is CCCNC1CCCc2ccc(OCCCCCO)cc21. The quantitative estimate of drug-likeness (QED) is 0.683. The number of hydrogen-bond donors (Lipinski definition) is 2. The van der Waals surface area contributed by atoms with Gasteiger partial charge in [-0.05, 0) is 74.8 Å². The minimum absolute atomic E-state index is 0.281. The molecule has 0 aliphatic heterocycles. The molecule has 2 N–H and O–H groups in total. The summed E-state index contributed by atoms with van der Waals surface area (Å²) in [5.74, 6) is 0.989. The van der Waals surface area contributed by atoms with E-state index in [1.807, 2.05) is 0 Å². The first-order valence-corrected chi connectivity index (χ1v) is 8.45. The van der Waals surface area contributed by atoms with Crippen LogP contribution < -0.4 is 10.1 Å². The van der Waals surface area contributed by atoms with Gasteiger partial charge in [0, 0.05) is 12.6 Å². The van der Waals surface area contributed by atoms with Crippen molar-refractivity contribution in [2.24, 2.45) is 0 Å². The minimum Gasteiger partial charge on any atom is -0.494 e. The molecule has 1 aromatic carbocycles. The number of rotatable bonds is 9. The molecule has 0 amide bonds. The van der Waals surface area contributed by atoms with Gasteiger partial charge in [0.05, 0.1) is 6.61 Å². The van der Waals surface area contributed by atoms with E-state index in [2.05, 4.69) is 30.4 Å². The molecule has 118 valence electrons. The van der Waals surface area contributed by atoms with Crippen molar-refractivity contribution in [1.29, 1.82) is 0 Å². The molecule has 2 rings (SSSR count). The third kappa shape index (κ3) is 5.01. The van der Waals surface area contributed by atoms with Crippen molar-refractivity contribution in [1.82, 2.24) is 5.32 Å². The van der Waals surface area contributed by atoms with Crippen LogP contribution in [0.4, 0.5) is 0 Å². The van der Waals surface area contributed by atoms with E-state index in [0.717, 1.165) is 38.2 Å². The number of unbranched alkanes of at least 4 members (excludes halogenated alkanes) is 2. The summed E-state index contributed by atoms with van der Waals surface area (Å²) in [7, 11) is 0. The molecular weight excluding hydrogens is 262 g/mol. The topological polar surface area (TPSA) is 41.5 Å². The Hall–Kier alpha value is -1.06. The Kier molecular flexibility index (Phi) is 7.04. The maximum atomic E-state index is 8.77. The zero-order valence-electron chi connectivity index (χ0n) is 13.2. The zero-order chi connectivity index (χ0) is 14.9. The molecule has 0 saturated heterocycles. The molecule has 3 heteroatoms. The average molecular weight is 291 g/mol. The van der Waals surface area contributed by atoms with Crippen LogP contribution in [-0.2, 0) is 6.42 Å². The highest BCUT2D eigenvalue weighted by atomic mass is 16.5. The van der Waals surface area contributed by atoms with Crippen molar-refractivity contribution < 1.29 is 9.84 Å². The summed E-state index contributed by atoms with van der Waals surface area (Å²) in [5, 5.41) is 12.4. The lowest BCUT2D eigenvalue weighted by atomic mass is 9.87. The monoisotopic (exact) mass is 291 g/mol. The van der Waals surface area contributed by atoms with Crippen LogP contribution in [0.1, 0.15) is 62.6 Å². The van der Waals surface area contributed by atoms with Crippen LogP contribution in [0.3, 0.4) is 0 Å². The van der Waals surface area contributed by atoms with E-state index in [1.54, 1.807) is 0 Å². The largest absolute Gasteiger partial charge is 0.494 e. The Bertz CT molecular complexity index is 420. The van der Waals surface area contributed by atoms with Crippen LogP contribution in [-0.4, -0.2) is 24.9 Å². The molecule has 0 aromatic heterocycles. The Morgan fingerprint density at radius 1 is 1.29 bits per heavy atom. The molecule has 0 heterocycles. The Morgan fingerprint density at radius 3 is 3.00 bits per heavy atom.